The molecule has 0 radical (unpaired) electrons. The third-order valence-electron chi connectivity index (χ3n) is 13.5. The lowest BCUT2D eigenvalue weighted by Gasteiger charge is -2.59. The summed E-state index contributed by atoms with van der Waals surface area (Å²) in [6, 6.07) is 18.7. The van der Waals surface area contributed by atoms with E-state index >= 15 is 0 Å². The lowest BCUT2D eigenvalue weighted by atomic mass is 9.65. The minimum Gasteiger partial charge on any atom is -0.460 e. The molecule has 370 valence electrons. The van der Waals surface area contributed by atoms with Crippen molar-refractivity contribution in [1.29, 1.82) is 0 Å². The van der Waals surface area contributed by atoms with Gasteiger partial charge in [-0.15, -0.1) is 0 Å². The molecule has 6 atom stereocenters. The molecule has 2 aliphatic carbocycles. The van der Waals surface area contributed by atoms with Crippen LogP contribution in [-0.2, 0) is 37.9 Å². The molecule has 4 bridgehead atoms. The molecule has 0 spiro atoms. The zero-order valence-corrected chi connectivity index (χ0v) is 40.7. The molecule has 68 heavy (non-hydrogen) atoms. The molecule has 16 nitrogen and oxygen atoms in total. The zero-order valence-electron chi connectivity index (χ0n) is 40.7. The number of hydrogen-bond acceptors (Lipinski definition) is 16. The Kier molecular flexibility index (Phi) is 17.6. The van der Waals surface area contributed by atoms with Crippen LogP contribution in [0.2, 0.25) is 0 Å². The monoisotopic (exact) mass is 946 g/mol. The third-order valence-corrected chi connectivity index (χ3v) is 13.5. The number of fused-ring (bicyclic) bond motifs is 6. The van der Waals surface area contributed by atoms with E-state index < -0.39 is 65.1 Å². The summed E-state index contributed by atoms with van der Waals surface area (Å²) < 4.78 is 43.7. The molecule has 16 heteroatoms. The van der Waals surface area contributed by atoms with E-state index in [4.69, 9.17) is 37.9 Å². The van der Waals surface area contributed by atoms with Crippen LogP contribution < -0.4 is 0 Å². The van der Waals surface area contributed by atoms with Crippen molar-refractivity contribution in [2.45, 2.75) is 128 Å². The number of ether oxygens (including phenoxy) is 8. The van der Waals surface area contributed by atoms with Crippen molar-refractivity contribution in [1.82, 2.24) is 0 Å². The zero-order chi connectivity index (χ0) is 50.2. The number of aliphatic hydroxyl groups is 2. The van der Waals surface area contributed by atoms with Gasteiger partial charge in [-0.2, -0.15) is 0 Å². The third kappa shape index (κ3) is 12.6. The fourth-order valence-electron chi connectivity index (χ4n) is 9.07. The maximum absolute atomic E-state index is 13.1. The first-order valence-electron chi connectivity index (χ1n) is 22.8. The molecule has 2 saturated carbocycles. The van der Waals surface area contributed by atoms with Crippen molar-refractivity contribution in [3.05, 3.63) is 106 Å². The lowest BCUT2D eigenvalue weighted by Crippen LogP contribution is -2.69. The van der Waals surface area contributed by atoms with Crippen LogP contribution in [0, 0.1) is 11.8 Å². The molecule has 6 fully saturated rings. The summed E-state index contributed by atoms with van der Waals surface area (Å²) in [5, 5.41) is 19.6. The second-order valence-corrected chi connectivity index (χ2v) is 19.0. The largest absolute Gasteiger partial charge is 0.460 e. The highest BCUT2D eigenvalue weighted by atomic mass is 16.6. The van der Waals surface area contributed by atoms with E-state index in [9.17, 15) is 39.0 Å². The number of benzene rings is 3. The van der Waals surface area contributed by atoms with Gasteiger partial charge in [0.25, 0.3) is 0 Å². The van der Waals surface area contributed by atoms with Gasteiger partial charge in [0.1, 0.15) is 36.6 Å². The standard InChI is InChI=1S/C30H34O9.C12H14O4.C10H18O3/c1-18(31)19-6-8-21(9-7-19)27(33)37-24-16-23-17-25(30(24,4)39-29(23,2)3)38-28(34)22-12-10-20(11-13-22)26(32)36-15-14-35-5;1-9(13)10-3-5-11(6-4-10)12(14)16-8-7-15-2;1-9(2)6-4-7(11)10(3,13-9)8(12)5-6/h6-13,23-25H,14-17H2,1-5H3;3-6H,7-8H2,1-2H3;6-8,11-12H,4-5H2,1-3H3. The Balaban J connectivity index is 0.000000241. The lowest BCUT2D eigenvalue weighted by molar-refractivity contribution is -0.311. The van der Waals surface area contributed by atoms with Crippen LogP contribution in [0.1, 0.15) is 143 Å². The van der Waals surface area contributed by atoms with E-state index in [0.29, 0.717) is 53.9 Å². The molecule has 4 heterocycles. The molecule has 4 saturated heterocycles. The van der Waals surface area contributed by atoms with E-state index in [2.05, 4.69) is 0 Å². The van der Waals surface area contributed by atoms with Gasteiger partial charge in [0.15, 0.2) is 11.6 Å². The Labute approximate surface area is 397 Å². The van der Waals surface area contributed by atoms with Gasteiger partial charge in [0.05, 0.1) is 58.9 Å². The summed E-state index contributed by atoms with van der Waals surface area (Å²) in [4.78, 5) is 72.2. The summed E-state index contributed by atoms with van der Waals surface area (Å²) in [6.45, 7) is 15.6. The molecule has 0 amide bonds. The summed E-state index contributed by atoms with van der Waals surface area (Å²) in [5.74, 6) is -1.89. The van der Waals surface area contributed by atoms with Crippen molar-refractivity contribution < 1.29 is 76.9 Å². The normalized spacial score (nSPS) is 26.9. The molecule has 6 aliphatic rings. The van der Waals surface area contributed by atoms with Crippen molar-refractivity contribution in [3.63, 3.8) is 0 Å². The van der Waals surface area contributed by atoms with E-state index in [1.807, 2.05) is 27.7 Å². The molecule has 3 aromatic carbocycles. The maximum Gasteiger partial charge on any atom is 0.338 e. The van der Waals surface area contributed by atoms with E-state index in [1.165, 1.54) is 52.3 Å². The quantitative estimate of drug-likeness (QED) is 0.0735. The molecule has 0 aromatic heterocycles. The van der Waals surface area contributed by atoms with Gasteiger partial charge in [-0.25, -0.2) is 19.2 Å². The molecule has 9 rings (SSSR count). The fraction of sp³-hybridized carbons (Fsp3) is 0.538. The number of rotatable bonds is 14. The van der Waals surface area contributed by atoms with E-state index in [-0.39, 0.29) is 47.8 Å². The van der Waals surface area contributed by atoms with E-state index in [0.717, 1.165) is 12.8 Å². The Morgan fingerprint density at radius 3 is 1.07 bits per heavy atom. The number of esters is 4. The number of Topliss-reactive ketones (excluding diaryl/α,β-unsaturated/α-hetero) is 2. The SMILES string of the molecule is CC1(C)OC2(C)C(O)CC1CC2O.COCCOC(=O)c1ccc(C(=O)OC2CC3CC(OC(=O)c4ccc(C(C)=O)cc4)C2(C)OC3(C)C)cc1.COCCOC(=O)c1ccc(C(C)=O)cc1. The number of ketones is 2. The van der Waals surface area contributed by atoms with Gasteiger partial charge >= 0.3 is 23.9 Å². The second-order valence-electron chi connectivity index (χ2n) is 19.0. The molecule has 4 aliphatic heterocycles. The highest BCUT2D eigenvalue weighted by Gasteiger charge is 2.62. The number of methoxy groups -OCH3 is 2. The van der Waals surface area contributed by atoms with Gasteiger partial charge in [-0.3, -0.25) is 9.59 Å². The van der Waals surface area contributed by atoms with Gasteiger partial charge in [-0.1, -0.05) is 24.3 Å². The average molecular weight is 947 g/mol. The summed E-state index contributed by atoms with van der Waals surface area (Å²) >= 11 is 0. The molecular weight excluding hydrogens is 881 g/mol. The van der Waals surface area contributed by atoms with Crippen LogP contribution in [-0.4, -0.2) is 133 Å². The molecule has 3 aromatic rings. The Bertz CT molecular complexity index is 2240. The van der Waals surface area contributed by atoms with Crippen molar-refractivity contribution in [2.24, 2.45) is 11.8 Å². The summed E-state index contributed by atoms with van der Waals surface area (Å²) in [6.07, 6.45) is 0.277. The number of carbonyl (C=O) groups excluding carboxylic acids is 6. The Hall–Kier alpha value is -5.36. The molecular formula is C52H66O16. The van der Waals surface area contributed by atoms with E-state index in [1.54, 1.807) is 62.4 Å². The van der Waals surface area contributed by atoms with Crippen molar-refractivity contribution in [2.75, 3.05) is 40.6 Å². The predicted octanol–water partition coefficient (Wildman–Crippen LogP) is 6.80. The Morgan fingerprint density at radius 1 is 0.471 bits per heavy atom. The van der Waals surface area contributed by atoms with Crippen molar-refractivity contribution >= 4 is 35.4 Å². The van der Waals surface area contributed by atoms with Crippen LogP contribution in [0.4, 0.5) is 0 Å². The van der Waals surface area contributed by atoms with Crippen LogP contribution >= 0.6 is 0 Å². The van der Waals surface area contributed by atoms with Crippen LogP contribution in [0.5, 0.6) is 0 Å². The van der Waals surface area contributed by atoms with Crippen LogP contribution in [0.25, 0.3) is 0 Å². The first-order valence-corrected chi connectivity index (χ1v) is 22.8. The smallest absolute Gasteiger partial charge is 0.338 e. The van der Waals surface area contributed by atoms with Crippen LogP contribution in [0.3, 0.4) is 0 Å². The fourth-order valence-corrected chi connectivity index (χ4v) is 9.07. The number of hydrogen-bond donors (Lipinski definition) is 2. The molecule has 6 unspecified atom stereocenters. The average Bonchev–Trinajstić information content (AvgIpc) is 3.28. The second kappa shape index (κ2) is 22.4. The van der Waals surface area contributed by atoms with Crippen LogP contribution in [0.15, 0.2) is 72.8 Å². The van der Waals surface area contributed by atoms with Gasteiger partial charge < -0.3 is 48.1 Å². The van der Waals surface area contributed by atoms with Crippen molar-refractivity contribution in [3.8, 4) is 0 Å². The van der Waals surface area contributed by atoms with Gasteiger partial charge in [0, 0.05) is 25.3 Å². The molecule has 2 N–H and O–H groups in total. The highest BCUT2D eigenvalue weighted by molar-refractivity contribution is 5.97. The maximum atomic E-state index is 13.1. The highest BCUT2D eigenvalue weighted by Crippen LogP contribution is 2.52. The predicted molar refractivity (Wildman–Crippen MR) is 247 cm³/mol. The summed E-state index contributed by atoms with van der Waals surface area (Å²) in [5.41, 5.74) is -0.114. The first-order chi connectivity index (χ1) is 31.9. The van der Waals surface area contributed by atoms with Gasteiger partial charge in [0.2, 0.25) is 0 Å². The first kappa shape index (κ1) is 53.6. The number of aliphatic hydroxyl groups excluding tert-OH is 2. The minimum atomic E-state index is -1.08. The summed E-state index contributed by atoms with van der Waals surface area (Å²) in [7, 11) is 3.05. The topological polar surface area (TPSA) is 217 Å². The number of carbonyl (C=O) groups is 6. The Morgan fingerprint density at radius 2 is 0.765 bits per heavy atom. The van der Waals surface area contributed by atoms with Gasteiger partial charge in [-0.05, 0) is 141 Å². The minimum absolute atomic E-state index is 0.0146.